The van der Waals surface area contributed by atoms with Crippen molar-refractivity contribution in [1.82, 2.24) is 10.3 Å². The summed E-state index contributed by atoms with van der Waals surface area (Å²) in [5.74, 6) is 5.37. The van der Waals surface area contributed by atoms with E-state index in [-0.39, 0.29) is 24.2 Å². The molecule has 1 fully saturated rings. The van der Waals surface area contributed by atoms with Crippen LogP contribution in [0.4, 0.5) is 0 Å². The highest BCUT2D eigenvalue weighted by Gasteiger charge is 2.33. The van der Waals surface area contributed by atoms with Crippen molar-refractivity contribution in [1.29, 1.82) is 0 Å². The zero-order chi connectivity index (χ0) is 14.8. The van der Waals surface area contributed by atoms with E-state index in [1.165, 1.54) is 6.26 Å². The minimum Gasteiger partial charge on any atom is -0.467 e. The number of furan rings is 1. The maximum Gasteiger partial charge on any atom is 0.268 e. The molecule has 0 radical (unpaired) electrons. The van der Waals surface area contributed by atoms with Crippen LogP contribution in [0.15, 0.2) is 16.7 Å². The number of hydrogen-bond donors (Lipinski definition) is 3. The number of nitrogens with one attached hydrogen (secondary N) is 1. The number of ether oxygens (including phenoxy) is 1. The van der Waals surface area contributed by atoms with Crippen molar-refractivity contribution >= 4 is 5.91 Å². The van der Waals surface area contributed by atoms with Gasteiger partial charge in [0, 0.05) is 13.1 Å². The fourth-order valence-corrected chi connectivity index (χ4v) is 2.52. The smallest absolute Gasteiger partial charge is 0.268 e. The van der Waals surface area contributed by atoms with Gasteiger partial charge in [0.1, 0.15) is 12.0 Å². The molecule has 0 spiro atoms. The number of hydrazine groups is 1. The number of morpholine rings is 1. The predicted molar refractivity (Wildman–Crippen MR) is 71.7 cm³/mol. The summed E-state index contributed by atoms with van der Waals surface area (Å²) in [6, 6.07) is 1.67. The van der Waals surface area contributed by atoms with Crippen LogP contribution in [-0.2, 0) is 11.3 Å². The van der Waals surface area contributed by atoms with Gasteiger partial charge in [-0.1, -0.05) is 0 Å². The quantitative estimate of drug-likeness (QED) is 0.404. The number of aliphatic hydroxyl groups excluding tert-OH is 1. The van der Waals surface area contributed by atoms with Crippen LogP contribution in [-0.4, -0.2) is 47.3 Å². The Balaban J connectivity index is 2.01. The lowest BCUT2D eigenvalue weighted by molar-refractivity contribution is -0.151. The van der Waals surface area contributed by atoms with Gasteiger partial charge in [-0.2, -0.15) is 0 Å². The maximum atomic E-state index is 11.4. The second kappa shape index (κ2) is 5.92. The SMILES string of the molecule is CC1(C)CN(Cc2cc(C(=O)NN)co2)CC(CO)O1. The van der Waals surface area contributed by atoms with Crippen LogP contribution >= 0.6 is 0 Å². The second-order valence-corrected chi connectivity index (χ2v) is 5.63. The Labute approximate surface area is 117 Å². The van der Waals surface area contributed by atoms with Gasteiger partial charge in [0.25, 0.3) is 5.91 Å². The lowest BCUT2D eigenvalue weighted by Crippen LogP contribution is -2.53. The molecule has 0 aliphatic carbocycles. The molecule has 1 saturated heterocycles. The van der Waals surface area contributed by atoms with Gasteiger partial charge < -0.3 is 14.3 Å². The molecule has 0 saturated carbocycles. The van der Waals surface area contributed by atoms with Crippen LogP contribution in [0.1, 0.15) is 30.0 Å². The zero-order valence-corrected chi connectivity index (χ0v) is 11.8. The molecule has 2 heterocycles. The van der Waals surface area contributed by atoms with E-state index in [9.17, 15) is 9.90 Å². The molecule has 4 N–H and O–H groups in total. The number of nitrogens with zero attached hydrogens (tertiary/aromatic N) is 1. The van der Waals surface area contributed by atoms with Crippen molar-refractivity contribution in [3.8, 4) is 0 Å². The number of amides is 1. The van der Waals surface area contributed by atoms with E-state index in [0.29, 0.717) is 24.4 Å². The number of nitrogens with two attached hydrogens (primary N) is 1. The highest BCUT2D eigenvalue weighted by molar-refractivity contribution is 5.93. The summed E-state index contributed by atoms with van der Waals surface area (Å²) in [6.07, 6.45) is 1.17. The van der Waals surface area contributed by atoms with E-state index in [4.69, 9.17) is 15.0 Å². The summed E-state index contributed by atoms with van der Waals surface area (Å²) in [7, 11) is 0. The van der Waals surface area contributed by atoms with Gasteiger partial charge in [-0.15, -0.1) is 0 Å². The van der Waals surface area contributed by atoms with Crippen LogP contribution < -0.4 is 11.3 Å². The van der Waals surface area contributed by atoms with Gasteiger partial charge in [-0.3, -0.25) is 15.1 Å². The van der Waals surface area contributed by atoms with Gasteiger partial charge in [0.05, 0.1) is 30.4 Å². The van der Waals surface area contributed by atoms with Gasteiger partial charge in [0.15, 0.2) is 0 Å². The van der Waals surface area contributed by atoms with Crippen LogP contribution in [0, 0.1) is 0 Å². The monoisotopic (exact) mass is 283 g/mol. The fourth-order valence-electron chi connectivity index (χ4n) is 2.52. The van der Waals surface area contributed by atoms with Gasteiger partial charge in [0.2, 0.25) is 0 Å². The normalized spacial score (nSPS) is 22.7. The van der Waals surface area contributed by atoms with Crippen LogP contribution in [0.5, 0.6) is 0 Å². The molecule has 1 atom stereocenters. The summed E-state index contributed by atoms with van der Waals surface area (Å²) >= 11 is 0. The van der Waals surface area contributed by atoms with Crippen LogP contribution in [0.2, 0.25) is 0 Å². The highest BCUT2D eigenvalue weighted by atomic mass is 16.5. The Morgan fingerprint density at radius 2 is 2.40 bits per heavy atom. The summed E-state index contributed by atoms with van der Waals surface area (Å²) in [6.45, 7) is 5.86. The van der Waals surface area contributed by atoms with Crippen molar-refractivity contribution in [2.75, 3.05) is 19.7 Å². The fraction of sp³-hybridized carbons (Fsp3) is 0.615. The number of aliphatic hydroxyl groups is 1. The minimum atomic E-state index is -0.379. The van der Waals surface area contributed by atoms with Crippen LogP contribution in [0.3, 0.4) is 0 Å². The minimum absolute atomic E-state index is 0.0150. The topological polar surface area (TPSA) is 101 Å². The molecule has 20 heavy (non-hydrogen) atoms. The summed E-state index contributed by atoms with van der Waals surface area (Å²) in [5, 5.41) is 9.27. The van der Waals surface area contributed by atoms with Crippen LogP contribution in [0.25, 0.3) is 0 Å². The largest absolute Gasteiger partial charge is 0.467 e. The standard InChI is InChI=1S/C13H21N3O4/c1-13(2)8-16(5-11(6-17)20-13)4-10-3-9(7-19-10)12(18)15-14/h3,7,11,17H,4-6,8,14H2,1-2H3,(H,15,18). The van der Waals surface area contributed by atoms with E-state index < -0.39 is 0 Å². The average Bonchev–Trinajstić information content (AvgIpc) is 2.84. The first-order valence-electron chi connectivity index (χ1n) is 6.53. The number of hydrogen-bond acceptors (Lipinski definition) is 6. The van der Waals surface area contributed by atoms with Crippen molar-refractivity contribution in [2.45, 2.75) is 32.1 Å². The zero-order valence-electron chi connectivity index (χ0n) is 11.8. The average molecular weight is 283 g/mol. The molecule has 1 aromatic heterocycles. The number of carbonyl (C=O) groups excluding carboxylic acids is 1. The molecule has 2 rings (SSSR count). The second-order valence-electron chi connectivity index (χ2n) is 5.63. The van der Waals surface area contributed by atoms with Crippen molar-refractivity contribution in [2.24, 2.45) is 5.84 Å². The molecule has 0 bridgehead atoms. The Morgan fingerprint density at radius 3 is 3.05 bits per heavy atom. The molecule has 7 heteroatoms. The van der Waals surface area contributed by atoms with Gasteiger partial charge in [-0.25, -0.2) is 5.84 Å². The Kier molecular flexibility index (Phi) is 4.44. The number of rotatable bonds is 4. The molecule has 1 aliphatic rings. The maximum absolute atomic E-state index is 11.4. The lowest BCUT2D eigenvalue weighted by atomic mass is 10.1. The molecule has 1 amide bonds. The van der Waals surface area contributed by atoms with Crippen molar-refractivity contribution < 1.29 is 19.1 Å². The molecular weight excluding hydrogens is 262 g/mol. The van der Waals surface area contributed by atoms with Gasteiger partial charge in [-0.05, 0) is 19.9 Å². The Hall–Kier alpha value is -1.41. The molecule has 1 unspecified atom stereocenters. The first-order valence-corrected chi connectivity index (χ1v) is 6.53. The van der Waals surface area contributed by atoms with E-state index in [1.807, 2.05) is 13.8 Å². The summed E-state index contributed by atoms with van der Waals surface area (Å²) in [5.41, 5.74) is 2.14. The third-order valence-electron chi connectivity index (χ3n) is 3.18. The summed E-state index contributed by atoms with van der Waals surface area (Å²) < 4.78 is 11.1. The lowest BCUT2D eigenvalue weighted by Gasteiger charge is -2.42. The van der Waals surface area contributed by atoms with Crippen molar-refractivity contribution in [3.05, 3.63) is 23.7 Å². The van der Waals surface area contributed by atoms with E-state index in [2.05, 4.69) is 10.3 Å². The first-order chi connectivity index (χ1) is 9.43. The van der Waals surface area contributed by atoms with E-state index in [1.54, 1.807) is 6.07 Å². The Morgan fingerprint density at radius 1 is 1.65 bits per heavy atom. The number of nitrogen functional groups attached to an aromatic ring is 1. The molecule has 112 valence electrons. The summed E-state index contributed by atoms with van der Waals surface area (Å²) in [4.78, 5) is 13.5. The Bertz CT molecular complexity index is 472. The molecule has 1 aromatic rings. The van der Waals surface area contributed by atoms with E-state index >= 15 is 0 Å². The number of carbonyl (C=O) groups is 1. The van der Waals surface area contributed by atoms with E-state index in [0.717, 1.165) is 6.54 Å². The molecular formula is C13H21N3O4. The first kappa shape index (κ1) is 15.0. The third kappa shape index (κ3) is 3.57. The predicted octanol–water partition coefficient (Wildman–Crippen LogP) is -0.145. The molecule has 1 aliphatic heterocycles. The molecule has 0 aromatic carbocycles. The van der Waals surface area contributed by atoms with Gasteiger partial charge >= 0.3 is 0 Å². The molecule has 7 nitrogen and oxygen atoms in total. The highest BCUT2D eigenvalue weighted by Crippen LogP contribution is 2.22. The van der Waals surface area contributed by atoms with Crippen molar-refractivity contribution in [3.63, 3.8) is 0 Å². The third-order valence-corrected chi connectivity index (χ3v) is 3.18.